The summed E-state index contributed by atoms with van der Waals surface area (Å²) < 4.78 is 11.3. The smallest absolute Gasteiger partial charge is 0.169 e. The first-order valence-corrected chi connectivity index (χ1v) is 12.4. The molecule has 2 aromatic carbocycles. The Morgan fingerprint density at radius 3 is 2.73 bits per heavy atom. The predicted molar refractivity (Wildman–Crippen MR) is 128 cm³/mol. The van der Waals surface area contributed by atoms with Crippen LogP contribution in [-0.4, -0.2) is 17.4 Å². The Labute approximate surface area is 196 Å². The van der Waals surface area contributed by atoms with Gasteiger partial charge in [0, 0.05) is 17.0 Å². The van der Waals surface area contributed by atoms with E-state index in [2.05, 4.69) is 49.3 Å². The molecule has 1 heterocycles. The topological polar surface area (TPSA) is 55.5 Å². The van der Waals surface area contributed by atoms with Crippen molar-refractivity contribution in [2.45, 2.75) is 63.9 Å². The van der Waals surface area contributed by atoms with Gasteiger partial charge in [0.2, 0.25) is 0 Å². The molecular weight excluding hydrogens is 410 g/mol. The molecule has 3 aromatic rings. The van der Waals surface area contributed by atoms with Gasteiger partial charge in [-0.2, -0.15) is 0 Å². The quantitative estimate of drug-likeness (QED) is 0.509. The lowest BCUT2D eigenvalue weighted by Crippen LogP contribution is -2.49. The zero-order valence-electron chi connectivity index (χ0n) is 19.8. The Balaban J connectivity index is 1.32. The Morgan fingerprint density at radius 2 is 1.91 bits per heavy atom. The van der Waals surface area contributed by atoms with E-state index in [0.29, 0.717) is 23.5 Å². The van der Waals surface area contributed by atoms with Crippen LogP contribution in [0.5, 0.6) is 5.75 Å². The minimum Gasteiger partial charge on any atom is -0.497 e. The second kappa shape index (κ2) is 7.46. The van der Waals surface area contributed by atoms with Crippen molar-refractivity contribution in [1.82, 2.24) is 5.16 Å². The van der Waals surface area contributed by atoms with Crippen LogP contribution in [0.15, 0.2) is 53.1 Å². The first-order valence-electron chi connectivity index (χ1n) is 12.4. The molecule has 3 aliphatic rings. The monoisotopic (exact) mass is 443 g/mol. The van der Waals surface area contributed by atoms with Crippen molar-refractivity contribution in [1.29, 1.82) is 0 Å². The first kappa shape index (κ1) is 21.0. The minimum absolute atomic E-state index is 0.194. The molecule has 0 radical (unpaired) electrons. The van der Waals surface area contributed by atoms with E-state index in [9.17, 15) is 5.11 Å². The fourth-order valence-corrected chi connectivity index (χ4v) is 7.56. The lowest BCUT2D eigenvalue weighted by molar-refractivity contribution is -0.122. The largest absolute Gasteiger partial charge is 0.497 e. The van der Waals surface area contributed by atoms with Crippen LogP contribution in [0.25, 0.3) is 11.3 Å². The predicted octanol–water partition coefficient (Wildman–Crippen LogP) is 6.40. The summed E-state index contributed by atoms with van der Waals surface area (Å²) in [6, 6.07) is 16.8. The highest BCUT2D eigenvalue weighted by molar-refractivity contribution is 5.63. The van der Waals surface area contributed by atoms with E-state index in [1.54, 1.807) is 7.11 Å². The molecular formula is C29H33NO3. The molecule has 0 amide bonds. The summed E-state index contributed by atoms with van der Waals surface area (Å²) in [6.45, 7) is 4.39. The molecule has 0 spiro atoms. The maximum Gasteiger partial charge on any atom is 0.169 e. The van der Waals surface area contributed by atoms with Gasteiger partial charge in [0.25, 0.3) is 0 Å². The standard InChI is InChI=1S/C29H33NO3/c1-18-6-4-5-7-21(18)26-17-27(33-30-26)29(31)15-13-25-24-10-8-19-16-20(32-3)9-11-22(19)23(24)12-14-28(25,29)2/h4-7,9,11,16-17,23-25,31H,8,10,12-15H2,1-3H3/t23-,24-,25+,28+,29-/m1/s1. The highest BCUT2D eigenvalue weighted by atomic mass is 16.5. The van der Waals surface area contributed by atoms with Crippen LogP contribution >= 0.6 is 0 Å². The van der Waals surface area contributed by atoms with Crippen LogP contribution in [0, 0.1) is 24.2 Å². The summed E-state index contributed by atoms with van der Waals surface area (Å²) >= 11 is 0. The van der Waals surface area contributed by atoms with Crippen molar-refractivity contribution in [2.24, 2.45) is 17.3 Å². The average molecular weight is 444 g/mol. The molecule has 6 rings (SSSR count). The van der Waals surface area contributed by atoms with Crippen LogP contribution in [0.2, 0.25) is 0 Å². The van der Waals surface area contributed by atoms with E-state index in [1.807, 2.05) is 18.2 Å². The first-order chi connectivity index (χ1) is 15.9. The van der Waals surface area contributed by atoms with E-state index in [4.69, 9.17) is 9.26 Å². The third-order valence-corrected chi connectivity index (χ3v) is 9.42. The van der Waals surface area contributed by atoms with Crippen molar-refractivity contribution >= 4 is 0 Å². The van der Waals surface area contributed by atoms with Crippen molar-refractivity contribution in [3.8, 4) is 17.0 Å². The number of hydrogen-bond donors (Lipinski definition) is 1. The molecule has 1 aromatic heterocycles. The van der Waals surface area contributed by atoms with Gasteiger partial charge in [-0.1, -0.05) is 42.4 Å². The molecule has 5 atom stereocenters. The fourth-order valence-electron chi connectivity index (χ4n) is 7.56. The number of fused-ring (bicyclic) bond motifs is 5. The Kier molecular flexibility index (Phi) is 4.74. The molecule has 1 N–H and O–H groups in total. The number of nitrogens with zero attached hydrogens (tertiary/aromatic N) is 1. The fraction of sp³-hybridized carbons (Fsp3) is 0.483. The van der Waals surface area contributed by atoms with Gasteiger partial charge >= 0.3 is 0 Å². The Bertz CT molecular complexity index is 1200. The number of rotatable bonds is 3. The van der Waals surface area contributed by atoms with Crippen LogP contribution in [0.1, 0.15) is 67.4 Å². The van der Waals surface area contributed by atoms with Crippen LogP contribution in [-0.2, 0) is 12.0 Å². The van der Waals surface area contributed by atoms with E-state index >= 15 is 0 Å². The van der Waals surface area contributed by atoms with E-state index in [-0.39, 0.29) is 5.41 Å². The van der Waals surface area contributed by atoms with Gasteiger partial charge in [-0.15, -0.1) is 0 Å². The second-order valence-electron chi connectivity index (χ2n) is 10.7. The highest BCUT2D eigenvalue weighted by Crippen LogP contribution is 2.67. The van der Waals surface area contributed by atoms with Gasteiger partial charge in [-0.25, -0.2) is 0 Å². The normalized spacial score (nSPS) is 32.7. The molecule has 4 heteroatoms. The molecule has 0 unspecified atom stereocenters. The average Bonchev–Trinajstić information content (AvgIpc) is 3.43. The Hall–Kier alpha value is -2.59. The van der Waals surface area contributed by atoms with Gasteiger partial charge in [0.05, 0.1) is 7.11 Å². The number of hydrogen-bond acceptors (Lipinski definition) is 4. The maximum atomic E-state index is 12.2. The molecule has 172 valence electrons. The molecule has 3 aliphatic carbocycles. The number of aromatic nitrogens is 1. The summed E-state index contributed by atoms with van der Waals surface area (Å²) in [5, 5.41) is 16.5. The molecule has 0 bridgehead atoms. The lowest BCUT2D eigenvalue weighted by Gasteiger charge is -2.52. The number of aryl methyl sites for hydroxylation is 2. The van der Waals surface area contributed by atoms with Crippen LogP contribution < -0.4 is 4.74 Å². The number of methoxy groups -OCH3 is 1. The number of ether oxygens (including phenoxy) is 1. The van der Waals surface area contributed by atoms with Crippen molar-refractivity contribution in [3.05, 3.63) is 71.0 Å². The summed E-state index contributed by atoms with van der Waals surface area (Å²) in [5.74, 6) is 3.28. The summed E-state index contributed by atoms with van der Waals surface area (Å²) in [4.78, 5) is 0. The van der Waals surface area contributed by atoms with Crippen molar-refractivity contribution in [3.63, 3.8) is 0 Å². The summed E-state index contributed by atoms with van der Waals surface area (Å²) in [6.07, 6.45) is 6.18. The van der Waals surface area contributed by atoms with Crippen LogP contribution in [0.3, 0.4) is 0 Å². The number of benzene rings is 2. The number of aliphatic hydroxyl groups is 1. The third kappa shape index (κ3) is 2.96. The summed E-state index contributed by atoms with van der Waals surface area (Å²) in [7, 11) is 1.74. The van der Waals surface area contributed by atoms with E-state index < -0.39 is 5.60 Å². The zero-order valence-corrected chi connectivity index (χ0v) is 19.8. The van der Waals surface area contributed by atoms with Gasteiger partial charge in [-0.05, 0) is 92.0 Å². The van der Waals surface area contributed by atoms with Crippen molar-refractivity contribution in [2.75, 3.05) is 7.11 Å². The molecule has 0 aliphatic heterocycles. The summed E-state index contributed by atoms with van der Waals surface area (Å²) in [5.41, 5.74) is 4.85. The SMILES string of the molecule is COc1ccc2c(c1)CC[C@@H]1[C@@H]2CC[C@@]2(C)[C@H]1CC[C@@]2(O)c1cc(-c2ccccc2C)no1. The second-order valence-corrected chi connectivity index (χ2v) is 10.7. The van der Waals surface area contributed by atoms with Gasteiger partial charge < -0.3 is 14.4 Å². The van der Waals surface area contributed by atoms with E-state index in [1.165, 1.54) is 17.5 Å². The molecule has 2 fully saturated rings. The van der Waals surface area contributed by atoms with Gasteiger partial charge in [0.1, 0.15) is 17.0 Å². The van der Waals surface area contributed by atoms with Gasteiger partial charge in [-0.3, -0.25) is 0 Å². The molecule has 2 saturated carbocycles. The highest BCUT2D eigenvalue weighted by Gasteiger charge is 2.63. The molecule has 4 nitrogen and oxygen atoms in total. The van der Waals surface area contributed by atoms with E-state index in [0.717, 1.165) is 54.7 Å². The zero-order chi connectivity index (χ0) is 22.8. The molecule has 0 saturated heterocycles. The molecule has 33 heavy (non-hydrogen) atoms. The minimum atomic E-state index is -0.962. The Morgan fingerprint density at radius 1 is 1.06 bits per heavy atom. The third-order valence-electron chi connectivity index (χ3n) is 9.42. The lowest BCUT2D eigenvalue weighted by atomic mass is 9.53. The van der Waals surface area contributed by atoms with Crippen LogP contribution in [0.4, 0.5) is 0 Å². The van der Waals surface area contributed by atoms with Gasteiger partial charge in [0.15, 0.2) is 5.76 Å². The maximum absolute atomic E-state index is 12.2. The van der Waals surface area contributed by atoms with Crippen molar-refractivity contribution < 1.29 is 14.4 Å².